The van der Waals surface area contributed by atoms with E-state index in [-0.39, 0.29) is 17.4 Å². The number of hydrogen-bond acceptors (Lipinski definition) is 3. The van der Waals surface area contributed by atoms with Crippen molar-refractivity contribution in [2.45, 2.75) is 57.1 Å². The van der Waals surface area contributed by atoms with E-state index in [1.54, 1.807) is 0 Å². The molecule has 3 rings (SSSR count). The molecule has 4 nitrogen and oxygen atoms in total. The Morgan fingerprint density at radius 3 is 2.62 bits per heavy atom. The molecule has 1 aromatic carbocycles. The number of carbonyl (C=O) groups is 1. The zero-order valence-electron chi connectivity index (χ0n) is 14.8. The van der Waals surface area contributed by atoms with Crippen molar-refractivity contribution in [1.29, 1.82) is 0 Å². The summed E-state index contributed by atoms with van der Waals surface area (Å²) in [4.78, 5) is 13.0. The van der Waals surface area contributed by atoms with Crippen LogP contribution in [-0.4, -0.2) is 15.7 Å². The summed E-state index contributed by atoms with van der Waals surface area (Å²) < 4.78 is 1.98. The van der Waals surface area contributed by atoms with E-state index < -0.39 is 0 Å². The van der Waals surface area contributed by atoms with Crippen LogP contribution < -0.4 is 5.32 Å². The van der Waals surface area contributed by atoms with Gasteiger partial charge in [0.2, 0.25) is 5.91 Å². The molecule has 0 bridgehead atoms. The largest absolute Gasteiger partial charge is 0.310 e. The molecular formula is C19H25N3OS. The van der Waals surface area contributed by atoms with Crippen LogP contribution in [0.5, 0.6) is 0 Å². The van der Waals surface area contributed by atoms with E-state index in [0.717, 1.165) is 35.0 Å². The molecule has 128 valence electrons. The summed E-state index contributed by atoms with van der Waals surface area (Å²) in [5.74, 6) is 2.63. The number of benzene rings is 1. The Morgan fingerprint density at radius 2 is 2.00 bits per heavy atom. The van der Waals surface area contributed by atoms with Crippen molar-refractivity contribution in [1.82, 2.24) is 9.78 Å². The van der Waals surface area contributed by atoms with Gasteiger partial charge < -0.3 is 5.32 Å². The molecule has 1 amide bonds. The molecule has 0 radical (unpaired) electrons. The van der Waals surface area contributed by atoms with Crippen LogP contribution in [0.3, 0.4) is 0 Å². The van der Waals surface area contributed by atoms with Gasteiger partial charge in [-0.15, -0.1) is 0 Å². The molecule has 0 aliphatic carbocycles. The van der Waals surface area contributed by atoms with Gasteiger partial charge in [0.05, 0.1) is 17.2 Å². The molecule has 1 atom stereocenters. The van der Waals surface area contributed by atoms with Crippen LogP contribution in [0.25, 0.3) is 0 Å². The number of fused-ring (bicyclic) bond motifs is 1. The number of carbonyl (C=O) groups excluding carboxylic acids is 1. The molecule has 0 spiro atoms. The van der Waals surface area contributed by atoms with E-state index >= 15 is 0 Å². The van der Waals surface area contributed by atoms with Gasteiger partial charge in [0.1, 0.15) is 5.82 Å². The molecule has 0 saturated heterocycles. The lowest BCUT2D eigenvalue weighted by molar-refractivity contribution is -0.117. The summed E-state index contributed by atoms with van der Waals surface area (Å²) in [5.41, 5.74) is 3.20. The van der Waals surface area contributed by atoms with Crippen LogP contribution in [0.1, 0.15) is 56.9 Å². The Morgan fingerprint density at radius 1 is 1.29 bits per heavy atom. The highest BCUT2D eigenvalue weighted by Gasteiger charge is 2.30. The lowest BCUT2D eigenvalue weighted by atomic mass is 9.95. The summed E-state index contributed by atoms with van der Waals surface area (Å²) in [6, 6.07) is 10.00. The number of nitrogens with zero attached hydrogens (tertiary/aromatic N) is 2. The van der Waals surface area contributed by atoms with Gasteiger partial charge in [0.15, 0.2) is 0 Å². The summed E-state index contributed by atoms with van der Waals surface area (Å²) in [7, 11) is 0. The highest BCUT2D eigenvalue weighted by molar-refractivity contribution is 7.98. The minimum absolute atomic E-state index is 0.0498. The van der Waals surface area contributed by atoms with E-state index in [4.69, 9.17) is 5.10 Å². The fourth-order valence-electron chi connectivity index (χ4n) is 3.09. The SMILES string of the molecule is CC[C@@H](C(=O)Nc1c2c(nn1C(C)(C)C)CSC2)c1ccccc1. The topological polar surface area (TPSA) is 46.9 Å². The van der Waals surface area contributed by atoms with Gasteiger partial charge in [-0.3, -0.25) is 4.79 Å². The van der Waals surface area contributed by atoms with Crippen molar-refractivity contribution in [3.63, 3.8) is 0 Å². The summed E-state index contributed by atoms with van der Waals surface area (Å²) in [6.07, 6.45) is 0.774. The first kappa shape index (κ1) is 17.1. The number of hydrogen-bond donors (Lipinski definition) is 1. The first-order valence-electron chi connectivity index (χ1n) is 8.46. The third-order valence-corrected chi connectivity index (χ3v) is 5.33. The number of nitrogens with one attached hydrogen (secondary N) is 1. The lowest BCUT2D eigenvalue weighted by Crippen LogP contribution is -2.29. The summed E-state index contributed by atoms with van der Waals surface area (Å²) in [5, 5.41) is 7.95. The lowest BCUT2D eigenvalue weighted by Gasteiger charge is -2.24. The molecular weight excluding hydrogens is 318 g/mol. The number of anilines is 1. The maximum Gasteiger partial charge on any atom is 0.233 e. The average Bonchev–Trinajstić information content (AvgIpc) is 3.11. The van der Waals surface area contributed by atoms with Crippen molar-refractivity contribution in [2.75, 3.05) is 5.32 Å². The second kappa shape index (κ2) is 6.63. The van der Waals surface area contributed by atoms with E-state index in [2.05, 4.69) is 33.0 Å². The van der Waals surface area contributed by atoms with E-state index in [0.29, 0.717) is 0 Å². The van der Waals surface area contributed by atoms with E-state index in [9.17, 15) is 4.79 Å². The predicted octanol–water partition coefficient (Wildman–Crippen LogP) is 4.52. The van der Waals surface area contributed by atoms with Crippen molar-refractivity contribution >= 4 is 23.5 Å². The Bertz CT molecular complexity index is 731. The molecule has 24 heavy (non-hydrogen) atoms. The van der Waals surface area contributed by atoms with Crippen molar-refractivity contribution in [2.24, 2.45) is 0 Å². The standard InChI is InChI=1S/C19H25N3OS/c1-5-14(13-9-7-6-8-10-13)18(23)20-17-15-11-24-12-16(15)21-22(17)19(2,3)4/h6-10,14H,5,11-12H2,1-4H3,(H,20,23)/t14-/m1/s1. The quantitative estimate of drug-likeness (QED) is 0.888. The van der Waals surface area contributed by atoms with Crippen LogP contribution in [0.4, 0.5) is 5.82 Å². The zero-order chi connectivity index (χ0) is 17.3. The highest BCUT2D eigenvalue weighted by atomic mass is 32.2. The smallest absolute Gasteiger partial charge is 0.233 e. The number of aromatic nitrogens is 2. The molecule has 0 fully saturated rings. The van der Waals surface area contributed by atoms with Gasteiger partial charge in [-0.2, -0.15) is 16.9 Å². The Balaban J connectivity index is 1.92. The van der Waals surface area contributed by atoms with Gasteiger partial charge in [0, 0.05) is 17.1 Å². The van der Waals surface area contributed by atoms with Crippen LogP contribution in [0.2, 0.25) is 0 Å². The molecule has 1 aliphatic rings. The highest BCUT2D eigenvalue weighted by Crippen LogP contribution is 2.37. The maximum absolute atomic E-state index is 13.0. The predicted molar refractivity (Wildman–Crippen MR) is 100 cm³/mol. The summed E-state index contributed by atoms with van der Waals surface area (Å²) in [6.45, 7) is 8.41. The van der Waals surface area contributed by atoms with Crippen molar-refractivity contribution < 1.29 is 4.79 Å². The second-order valence-electron chi connectivity index (χ2n) is 7.21. The van der Waals surface area contributed by atoms with Crippen LogP contribution in [0.15, 0.2) is 30.3 Å². The van der Waals surface area contributed by atoms with E-state index in [1.165, 1.54) is 5.56 Å². The van der Waals surface area contributed by atoms with Gasteiger partial charge in [-0.25, -0.2) is 4.68 Å². The third-order valence-electron chi connectivity index (χ3n) is 4.36. The fourth-order valence-corrected chi connectivity index (χ4v) is 4.12. The normalized spacial score (nSPS) is 15.2. The van der Waals surface area contributed by atoms with Gasteiger partial charge in [0.25, 0.3) is 0 Å². The molecule has 2 heterocycles. The number of thioether (sulfide) groups is 1. The van der Waals surface area contributed by atoms with Gasteiger partial charge in [-0.1, -0.05) is 37.3 Å². The molecule has 1 aromatic heterocycles. The zero-order valence-corrected chi connectivity index (χ0v) is 15.6. The van der Waals surface area contributed by atoms with Crippen molar-refractivity contribution in [3.8, 4) is 0 Å². The second-order valence-corrected chi connectivity index (χ2v) is 8.20. The van der Waals surface area contributed by atoms with Crippen LogP contribution in [-0.2, 0) is 21.8 Å². The number of amides is 1. The third kappa shape index (κ3) is 3.22. The Hall–Kier alpha value is -1.75. The molecule has 0 saturated carbocycles. The number of rotatable bonds is 4. The molecule has 1 N–H and O–H groups in total. The van der Waals surface area contributed by atoms with E-state index in [1.807, 2.05) is 46.8 Å². The molecule has 5 heteroatoms. The minimum atomic E-state index is -0.161. The van der Waals surface area contributed by atoms with Gasteiger partial charge in [-0.05, 0) is 32.8 Å². The monoisotopic (exact) mass is 343 g/mol. The first-order valence-corrected chi connectivity index (χ1v) is 9.62. The van der Waals surface area contributed by atoms with Gasteiger partial charge >= 0.3 is 0 Å². The average molecular weight is 343 g/mol. The fraction of sp³-hybridized carbons (Fsp3) is 0.474. The van der Waals surface area contributed by atoms with Crippen molar-refractivity contribution in [3.05, 3.63) is 47.2 Å². The summed E-state index contributed by atoms with van der Waals surface area (Å²) >= 11 is 1.85. The van der Waals surface area contributed by atoms with Crippen LogP contribution >= 0.6 is 11.8 Å². The molecule has 2 aromatic rings. The Labute approximate surface area is 148 Å². The maximum atomic E-state index is 13.0. The molecule has 1 aliphatic heterocycles. The minimum Gasteiger partial charge on any atom is -0.310 e. The molecule has 0 unspecified atom stereocenters. The van der Waals surface area contributed by atoms with Crippen LogP contribution in [0, 0.1) is 0 Å². The Kier molecular flexibility index (Phi) is 4.72. The first-order chi connectivity index (χ1) is 11.4.